The van der Waals surface area contributed by atoms with Crippen LogP contribution in [0.2, 0.25) is 0 Å². The Morgan fingerprint density at radius 1 is 1.33 bits per heavy atom. The van der Waals surface area contributed by atoms with Crippen LogP contribution in [0.5, 0.6) is 0 Å². The Morgan fingerprint density at radius 3 is 2.33 bits per heavy atom. The lowest BCUT2D eigenvalue weighted by molar-refractivity contribution is -0.125. The van der Waals surface area contributed by atoms with Gasteiger partial charge in [-0.25, -0.2) is 0 Å². The summed E-state index contributed by atoms with van der Waals surface area (Å²) in [6, 6.07) is -0.137. The summed E-state index contributed by atoms with van der Waals surface area (Å²) in [6.45, 7) is 9.40. The van der Waals surface area contributed by atoms with Crippen molar-refractivity contribution >= 4 is 5.91 Å². The first-order valence-electron chi connectivity index (χ1n) is 5.64. The Kier molecular flexibility index (Phi) is 7.34. The number of rotatable bonds is 7. The standard InChI is InChI=1S/C11H24N2O2/c1-5-12-6-9(4)11(15)13-10(7-14)8(2)3/h8-10,12,14H,5-7H2,1-4H3,(H,13,15). The smallest absolute Gasteiger partial charge is 0.224 e. The molecule has 0 radical (unpaired) electrons. The van der Waals surface area contributed by atoms with Gasteiger partial charge in [0.2, 0.25) is 5.91 Å². The fourth-order valence-electron chi connectivity index (χ4n) is 1.20. The van der Waals surface area contributed by atoms with Gasteiger partial charge in [0.15, 0.2) is 0 Å². The molecule has 0 aromatic heterocycles. The third-order valence-electron chi connectivity index (χ3n) is 2.48. The lowest BCUT2D eigenvalue weighted by atomic mass is 10.0. The van der Waals surface area contributed by atoms with Crippen LogP contribution in [0.1, 0.15) is 27.7 Å². The molecule has 0 rings (SSSR count). The van der Waals surface area contributed by atoms with Crippen molar-refractivity contribution in [2.45, 2.75) is 33.7 Å². The monoisotopic (exact) mass is 216 g/mol. The van der Waals surface area contributed by atoms with E-state index in [2.05, 4.69) is 10.6 Å². The molecule has 15 heavy (non-hydrogen) atoms. The molecule has 0 aromatic rings. The molecule has 0 fully saturated rings. The number of hydrogen-bond acceptors (Lipinski definition) is 3. The Morgan fingerprint density at radius 2 is 1.93 bits per heavy atom. The average Bonchev–Trinajstić information content (AvgIpc) is 2.21. The van der Waals surface area contributed by atoms with Gasteiger partial charge in [-0.2, -0.15) is 0 Å². The van der Waals surface area contributed by atoms with E-state index in [1.54, 1.807) is 0 Å². The summed E-state index contributed by atoms with van der Waals surface area (Å²) in [6.07, 6.45) is 0. The van der Waals surface area contributed by atoms with Gasteiger partial charge >= 0.3 is 0 Å². The van der Waals surface area contributed by atoms with Crippen LogP contribution >= 0.6 is 0 Å². The number of aliphatic hydroxyl groups excluding tert-OH is 1. The maximum atomic E-state index is 11.7. The van der Waals surface area contributed by atoms with Crippen LogP contribution in [-0.2, 0) is 4.79 Å². The molecular formula is C11H24N2O2. The predicted octanol–water partition coefficient (Wildman–Crippen LogP) is 0.365. The highest BCUT2D eigenvalue weighted by Crippen LogP contribution is 2.02. The Bertz CT molecular complexity index is 183. The van der Waals surface area contributed by atoms with Crippen molar-refractivity contribution in [2.75, 3.05) is 19.7 Å². The van der Waals surface area contributed by atoms with Crippen molar-refractivity contribution in [2.24, 2.45) is 11.8 Å². The first-order chi connectivity index (χ1) is 7.02. The van der Waals surface area contributed by atoms with Crippen molar-refractivity contribution in [1.29, 1.82) is 0 Å². The lowest BCUT2D eigenvalue weighted by Gasteiger charge is -2.22. The minimum atomic E-state index is -0.137. The molecule has 0 spiro atoms. The Labute approximate surface area is 92.4 Å². The van der Waals surface area contributed by atoms with E-state index in [-0.39, 0.29) is 30.4 Å². The highest BCUT2D eigenvalue weighted by Gasteiger charge is 2.18. The topological polar surface area (TPSA) is 61.4 Å². The van der Waals surface area contributed by atoms with E-state index >= 15 is 0 Å². The number of carbonyl (C=O) groups excluding carboxylic acids is 1. The molecule has 90 valence electrons. The highest BCUT2D eigenvalue weighted by molar-refractivity contribution is 5.78. The average molecular weight is 216 g/mol. The second-order valence-electron chi connectivity index (χ2n) is 4.25. The minimum Gasteiger partial charge on any atom is -0.394 e. The van der Waals surface area contributed by atoms with E-state index in [9.17, 15) is 4.79 Å². The Hall–Kier alpha value is -0.610. The number of nitrogens with one attached hydrogen (secondary N) is 2. The third kappa shape index (κ3) is 5.74. The van der Waals surface area contributed by atoms with E-state index in [1.165, 1.54) is 0 Å². The van der Waals surface area contributed by atoms with E-state index in [0.29, 0.717) is 6.54 Å². The summed E-state index contributed by atoms with van der Waals surface area (Å²) in [5.74, 6) is 0.201. The van der Waals surface area contributed by atoms with Crippen molar-refractivity contribution in [1.82, 2.24) is 10.6 Å². The fourth-order valence-corrected chi connectivity index (χ4v) is 1.20. The molecule has 1 amide bonds. The van der Waals surface area contributed by atoms with Gasteiger partial charge < -0.3 is 15.7 Å². The number of hydrogen-bond donors (Lipinski definition) is 3. The number of carbonyl (C=O) groups is 1. The van der Waals surface area contributed by atoms with E-state index in [4.69, 9.17) is 5.11 Å². The molecule has 0 aliphatic heterocycles. The molecule has 2 atom stereocenters. The van der Waals surface area contributed by atoms with Gasteiger partial charge in [-0.15, -0.1) is 0 Å². The van der Waals surface area contributed by atoms with E-state index in [0.717, 1.165) is 6.54 Å². The van der Waals surface area contributed by atoms with Crippen LogP contribution < -0.4 is 10.6 Å². The first kappa shape index (κ1) is 14.4. The summed E-state index contributed by atoms with van der Waals surface area (Å²) in [5, 5.41) is 15.0. The van der Waals surface area contributed by atoms with Gasteiger partial charge in [0.1, 0.15) is 0 Å². The first-order valence-corrected chi connectivity index (χ1v) is 5.64. The van der Waals surface area contributed by atoms with Crippen LogP contribution in [0.3, 0.4) is 0 Å². The van der Waals surface area contributed by atoms with Gasteiger partial charge in [0.25, 0.3) is 0 Å². The highest BCUT2D eigenvalue weighted by atomic mass is 16.3. The third-order valence-corrected chi connectivity index (χ3v) is 2.48. The molecule has 0 bridgehead atoms. The molecule has 4 heteroatoms. The quantitative estimate of drug-likeness (QED) is 0.576. The van der Waals surface area contributed by atoms with Crippen LogP contribution in [0.15, 0.2) is 0 Å². The van der Waals surface area contributed by atoms with Gasteiger partial charge in [-0.05, 0) is 12.5 Å². The maximum Gasteiger partial charge on any atom is 0.224 e. The van der Waals surface area contributed by atoms with Crippen molar-refractivity contribution < 1.29 is 9.90 Å². The Balaban J connectivity index is 3.98. The molecule has 0 aliphatic carbocycles. The van der Waals surface area contributed by atoms with E-state index in [1.807, 2.05) is 27.7 Å². The molecule has 0 saturated heterocycles. The molecule has 0 aliphatic rings. The normalized spacial score (nSPS) is 15.1. The minimum absolute atomic E-state index is 0.00265. The van der Waals surface area contributed by atoms with Crippen molar-refractivity contribution in [3.63, 3.8) is 0 Å². The van der Waals surface area contributed by atoms with Crippen LogP contribution in [0.25, 0.3) is 0 Å². The number of amides is 1. The molecule has 0 saturated carbocycles. The van der Waals surface area contributed by atoms with Crippen molar-refractivity contribution in [3.8, 4) is 0 Å². The predicted molar refractivity (Wildman–Crippen MR) is 61.6 cm³/mol. The zero-order valence-corrected chi connectivity index (χ0v) is 10.2. The van der Waals surface area contributed by atoms with Crippen LogP contribution in [0.4, 0.5) is 0 Å². The largest absolute Gasteiger partial charge is 0.394 e. The lowest BCUT2D eigenvalue weighted by Crippen LogP contribution is -2.45. The zero-order valence-electron chi connectivity index (χ0n) is 10.2. The van der Waals surface area contributed by atoms with Crippen molar-refractivity contribution in [3.05, 3.63) is 0 Å². The molecule has 2 unspecified atom stereocenters. The zero-order chi connectivity index (χ0) is 11.8. The molecule has 0 heterocycles. The summed E-state index contributed by atoms with van der Waals surface area (Å²) in [4.78, 5) is 11.7. The summed E-state index contributed by atoms with van der Waals surface area (Å²) in [7, 11) is 0. The van der Waals surface area contributed by atoms with Gasteiger partial charge in [-0.3, -0.25) is 4.79 Å². The summed E-state index contributed by atoms with van der Waals surface area (Å²) >= 11 is 0. The molecule has 3 N–H and O–H groups in total. The van der Waals surface area contributed by atoms with Gasteiger partial charge in [0, 0.05) is 12.5 Å². The maximum absolute atomic E-state index is 11.7. The molecular weight excluding hydrogens is 192 g/mol. The van der Waals surface area contributed by atoms with E-state index < -0.39 is 0 Å². The second-order valence-corrected chi connectivity index (χ2v) is 4.25. The molecule has 4 nitrogen and oxygen atoms in total. The molecule has 0 aromatic carbocycles. The van der Waals surface area contributed by atoms with Crippen LogP contribution in [-0.4, -0.2) is 36.8 Å². The fraction of sp³-hybridized carbons (Fsp3) is 0.909. The van der Waals surface area contributed by atoms with Gasteiger partial charge in [0.05, 0.1) is 12.6 Å². The summed E-state index contributed by atoms with van der Waals surface area (Å²) < 4.78 is 0. The van der Waals surface area contributed by atoms with Gasteiger partial charge in [-0.1, -0.05) is 27.7 Å². The second kappa shape index (κ2) is 7.65. The van der Waals surface area contributed by atoms with Crippen LogP contribution in [0, 0.1) is 11.8 Å². The number of aliphatic hydroxyl groups is 1. The SMILES string of the molecule is CCNCC(C)C(=O)NC(CO)C(C)C. The summed E-state index contributed by atoms with van der Waals surface area (Å²) in [5.41, 5.74) is 0.